The van der Waals surface area contributed by atoms with Crippen LogP contribution in [0.4, 0.5) is 4.39 Å². The molecule has 0 unspecified atom stereocenters. The molecular weight excluding hydrogens is 435 g/mol. The van der Waals surface area contributed by atoms with Gasteiger partial charge in [0, 0.05) is 11.8 Å². The Morgan fingerprint density at radius 1 is 1.09 bits per heavy atom. The Kier molecular flexibility index (Phi) is 6.77. The molecule has 7 nitrogen and oxygen atoms in total. The summed E-state index contributed by atoms with van der Waals surface area (Å²) in [6.45, 7) is 0.116. The smallest absolute Gasteiger partial charge is 0.349 e. The van der Waals surface area contributed by atoms with Crippen LogP contribution in [-0.4, -0.2) is 40.0 Å². The number of aromatic nitrogens is 2. The van der Waals surface area contributed by atoms with E-state index in [-0.39, 0.29) is 31.1 Å². The summed E-state index contributed by atoms with van der Waals surface area (Å²) in [5.74, 6) is -1.54. The van der Waals surface area contributed by atoms with Crippen molar-refractivity contribution in [1.82, 2.24) is 9.55 Å². The van der Waals surface area contributed by atoms with Crippen LogP contribution in [0.5, 0.6) is 0 Å². The largest absolute Gasteiger partial charge is 0.458 e. The molecule has 1 aliphatic rings. The number of hydrogen-bond donors (Lipinski definition) is 0. The Hall–Kier alpha value is -3.30. The van der Waals surface area contributed by atoms with Crippen LogP contribution in [0.1, 0.15) is 31.8 Å². The predicted octanol–water partition coefficient (Wildman–Crippen LogP) is 3.25. The highest BCUT2D eigenvalue weighted by Gasteiger charge is 2.30. The van der Waals surface area contributed by atoms with E-state index in [0.717, 1.165) is 10.8 Å². The summed E-state index contributed by atoms with van der Waals surface area (Å²) in [5, 5.41) is -0.524. The van der Waals surface area contributed by atoms with Crippen molar-refractivity contribution in [1.29, 1.82) is 0 Å². The molecule has 2 aromatic carbocycles. The lowest BCUT2D eigenvalue weighted by Crippen LogP contribution is -2.28. The average Bonchev–Trinajstić information content (AvgIpc) is 3.29. The summed E-state index contributed by atoms with van der Waals surface area (Å²) >= 11 is 1.23. The number of hydrogen-bond acceptors (Lipinski definition) is 7. The molecule has 0 bridgehead atoms. The van der Waals surface area contributed by atoms with Crippen molar-refractivity contribution in [3.8, 4) is 0 Å². The molecule has 0 saturated carbocycles. The van der Waals surface area contributed by atoms with Gasteiger partial charge in [0.05, 0.1) is 24.3 Å². The number of rotatable bonds is 7. The Labute approximate surface area is 187 Å². The van der Waals surface area contributed by atoms with Crippen molar-refractivity contribution in [2.24, 2.45) is 0 Å². The van der Waals surface area contributed by atoms with Gasteiger partial charge < -0.3 is 9.47 Å². The zero-order chi connectivity index (χ0) is 22.5. The van der Waals surface area contributed by atoms with Crippen molar-refractivity contribution >= 4 is 23.5 Å². The van der Waals surface area contributed by atoms with E-state index in [9.17, 15) is 18.8 Å². The maximum atomic E-state index is 14.6. The number of carbonyl (C=O) groups is 2. The second-order valence-electron chi connectivity index (χ2n) is 7.01. The Bertz CT molecular complexity index is 1170. The topological polar surface area (TPSA) is 87.5 Å². The fourth-order valence-electron chi connectivity index (χ4n) is 3.16. The van der Waals surface area contributed by atoms with Crippen LogP contribution in [-0.2, 0) is 15.9 Å². The zero-order valence-corrected chi connectivity index (χ0v) is 17.7. The zero-order valence-electron chi connectivity index (χ0n) is 16.8. The molecule has 9 heteroatoms. The first kappa shape index (κ1) is 21.9. The number of esters is 1. The molecular formula is C23H19FN2O5S. The third-order valence-corrected chi connectivity index (χ3v) is 6.06. The Morgan fingerprint density at radius 3 is 2.44 bits per heavy atom. The lowest BCUT2D eigenvalue weighted by atomic mass is 10.1. The molecule has 0 spiro atoms. The van der Waals surface area contributed by atoms with Crippen molar-refractivity contribution in [2.75, 3.05) is 13.2 Å². The maximum Gasteiger partial charge on any atom is 0.349 e. The molecule has 4 rings (SSSR count). The number of ether oxygens (including phenoxy) is 2. The van der Waals surface area contributed by atoms with Gasteiger partial charge in [-0.2, -0.15) is 4.98 Å². The van der Waals surface area contributed by atoms with E-state index in [4.69, 9.17) is 9.47 Å². The van der Waals surface area contributed by atoms with Gasteiger partial charge in [-0.05, 0) is 12.1 Å². The number of thioether (sulfide) groups is 1. The predicted molar refractivity (Wildman–Crippen MR) is 116 cm³/mol. The summed E-state index contributed by atoms with van der Waals surface area (Å²) in [4.78, 5) is 40.6. The minimum absolute atomic E-state index is 0.0107. The van der Waals surface area contributed by atoms with Crippen LogP contribution >= 0.6 is 11.8 Å². The monoisotopic (exact) mass is 454 g/mol. The minimum atomic E-state index is -0.742. The van der Waals surface area contributed by atoms with Gasteiger partial charge in [-0.3, -0.25) is 9.36 Å². The maximum absolute atomic E-state index is 14.6. The molecule has 1 saturated heterocycles. The summed E-state index contributed by atoms with van der Waals surface area (Å²) in [5.41, 5.74) is -0.523. The van der Waals surface area contributed by atoms with E-state index in [2.05, 4.69) is 4.98 Å². The summed E-state index contributed by atoms with van der Waals surface area (Å²) in [6.07, 6.45) is 0.737. The van der Waals surface area contributed by atoms with E-state index in [1.807, 2.05) is 0 Å². The van der Waals surface area contributed by atoms with Crippen LogP contribution in [0.15, 0.2) is 71.7 Å². The first-order chi connectivity index (χ1) is 15.5. The SMILES string of the molecule is O=C(Cc1nc(=O)n([C@@H]2CO[C@H](COC(=O)c3ccccc3)S2)cc1F)c1ccccc1. The molecule has 2 atom stereocenters. The highest BCUT2D eigenvalue weighted by molar-refractivity contribution is 8.00. The van der Waals surface area contributed by atoms with Gasteiger partial charge in [0.2, 0.25) is 0 Å². The summed E-state index contributed by atoms with van der Waals surface area (Å²) < 4.78 is 26.6. The summed E-state index contributed by atoms with van der Waals surface area (Å²) in [6, 6.07) is 17.0. The normalized spacial score (nSPS) is 17.8. The fraction of sp³-hybridized carbons (Fsp3) is 0.217. The van der Waals surface area contributed by atoms with Gasteiger partial charge in [-0.1, -0.05) is 60.3 Å². The molecule has 0 amide bonds. The number of halogens is 1. The van der Waals surface area contributed by atoms with Crippen molar-refractivity contribution in [2.45, 2.75) is 17.2 Å². The lowest BCUT2D eigenvalue weighted by molar-refractivity contribution is 0.0273. The third kappa shape index (κ3) is 5.12. The third-order valence-electron chi connectivity index (χ3n) is 4.81. The lowest BCUT2D eigenvalue weighted by Gasteiger charge is -2.13. The van der Waals surface area contributed by atoms with E-state index in [1.54, 1.807) is 60.7 Å². The van der Waals surface area contributed by atoms with Crippen LogP contribution in [0.25, 0.3) is 0 Å². The Balaban J connectivity index is 1.38. The highest BCUT2D eigenvalue weighted by atomic mass is 32.2. The number of nitrogens with zero attached hydrogens (tertiary/aromatic N) is 2. The first-order valence-corrected chi connectivity index (χ1v) is 10.8. The summed E-state index contributed by atoms with van der Waals surface area (Å²) in [7, 11) is 0. The second kappa shape index (κ2) is 9.88. The van der Waals surface area contributed by atoms with Crippen molar-refractivity contribution in [3.05, 3.63) is 100.0 Å². The molecule has 0 radical (unpaired) electrons. The van der Waals surface area contributed by atoms with Gasteiger partial charge in [-0.25, -0.2) is 14.0 Å². The average molecular weight is 454 g/mol. The van der Waals surface area contributed by atoms with E-state index < -0.39 is 28.3 Å². The van der Waals surface area contributed by atoms with E-state index in [0.29, 0.717) is 11.1 Å². The van der Waals surface area contributed by atoms with Crippen LogP contribution < -0.4 is 5.69 Å². The van der Waals surface area contributed by atoms with Gasteiger partial charge in [0.1, 0.15) is 17.4 Å². The molecule has 2 heterocycles. The molecule has 1 fully saturated rings. The van der Waals surface area contributed by atoms with Crippen LogP contribution in [0, 0.1) is 5.82 Å². The molecule has 164 valence electrons. The first-order valence-electron chi connectivity index (χ1n) is 9.86. The van der Waals surface area contributed by atoms with E-state index >= 15 is 0 Å². The van der Waals surface area contributed by atoms with Gasteiger partial charge in [0.25, 0.3) is 0 Å². The number of ketones is 1. The standard InChI is InChI=1S/C23H19FN2O5S/c24-17-12-26(23(29)25-18(17)11-19(27)15-7-3-1-4-8-15)20-13-30-21(32-20)14-31-22(28)16-9-5-2-6-10-16/h1-10,12,20-21H,11,13-14H2/t20-,21-/m0/s1. The molecule has 32 heavy (non-hydrogen) atoms. The number of Topliss-reactive ketones (excluding diaryl/α,β-unsaturated/α-hetero) is 1. The van der Waals surface area contributed by atoms with Crippen molar-refractivity contribution < 1.29 is 23.5 Å². The molecule has 1 aromatic heterocycles. The quantitative estimate of drug-likeness (QED) is 0.400. The van der Waals surface area contributed by atoms with E-state index in [1.165, 1.54) is 11.8 Å². The molecule has 0 N–H and O–H groups in total. The highest BCUT2D eigenvalue weighted by Crippen LogP contribution is 2.35. The van der Waals surface area contributed by atoms with Crippen LogP contribution in [0.2, 0.25) is 0 Å². The van der Waals surface area contributed by atoms with Crippen molar-refractivity contribution in [3.63, 3.8) is 0 Å². The van der Waals surface area contributed by atoms with Gasteiger partial charge in [-0.15, -0.1) is 0 Å². The van der Waals surface area contributed by atoms with Gasteiger partial charge >= 0.3 is 11.7 Å². The molecule has 3 aromatic rings. The minimum Gasteiger partial charge on any atom is -0.458 e. The Morgan fingerprint density at radius 2 is 1.75 bits per heavy atom. The fourth-order valence-corrected chi connectivity index (χ4v) is 4.26. The van der Waals surface area contributed by atoms with Crippen LogP contribution in [0.3, 0.4) is 0 Å². The number of carbonyl (C=O) groups excluding carboxylic acids is 2. The number of benzene rings is 2. The second-order valence-corrected chi connectivity index (χ2v) is 8.35. The molecule has 0 aliphatic carbocycles. The van der Waals surface area contributed by atoms with Gasteiger partial charge in [0.15, 0.2) is 11.6 Å². The molecule has 1 aliphatic heterocycles.